The van der Waals surface area contributed by atoms with Gasteiger partial charge in [0.25, 0.3) is 0 Å². The summed E-state index contributed by atoms with van der Waals surface area (Å²) in [6, 6.07) is 8.02. The Bertz CT molecular complexity index is 471. The van der Waals surface area contributed by atoms with Crippen LogP contribution in [0.1, 0.15) is 57.9 Å². The predicted octanol–water partition coefficient (Wildman–Crippen LogP) is 3.97. The van der Waals surface area contributed by atoms with Gasteiger partial charge in [0.15, 0.2) is 0 Å². The SMILES string of the molecule is CCCCCCC(O)(CCN1CCOCC1)c1ccc(OCC)cc1. The molecule has 0 amide bonds. The van der Waals surface area contributed by atoms with Crippen LogP contribution in [-0.2, 0) is 10.3 Å². The molecule has 1 aromatic carbocycles. The number of ether oxygens (including phenoxy) is 2. The predicted molar refractivity (Wildman–Crippen MR) is 102 cm³/mol. The molecule has 0 aromatic heterocycles. The molecule has 1 unspecified atom stereocenters. The Morgan fingerprint density at radius 1 is 1.04 bits per heavy atom. The number of morpholine rings is 1. The highest BCUT2D eigenvalue weighted by Crippen LogP contribution is 2.32. The van der Waals surface area contributed by atoms with Crippen molar-refractivity contribution >= 4 is 0 Å². The average Bonchev–Trinajstić information content (AvgIpc) is 2.65. The standard InChI is InChI=1S/C21H35NO3/c1-3-5-6-7-12-21(23,13-14-22-15-17-24-18-16-22)19-8-10-20(11-9-19)25-4-2/h8-11,23H,3-7,12-18H2,1-2H3. The summed E-state index contributed by atoms with van der Waals surface area (Å²) in [5.41, 5.74) is 0.261. The Morgan fingerprint density at radius 2 is 1.76 bits per heavy atom. The van der Waals surface area contributed by atoms with Crippen molar-refractivity contribution in [2.24, 2.45) is 0 Å². The molecular weight excluding hydrogens is 314 g/mol. The van der Waals surface area contributed by atoms with Crippen molar-refractivity contribution < 1.29 is 14.6 Å². The average molecular weight is 350 g/mol. The fourth-order valence-corrected chi connectivity index (χ4v) is 3.45. The van der Waals surface area contributed by atoms with Crippen molar-refractivity contribution in [3.05, 3.63) is 29.8 Å². The van der Waals surface area contributed by atoms with Crippen molar-refractivity contribution in [1.82, 2.24) is 4.90 Å². The molecule has 1 fully saturated rings. The van der Waals surface area contributed by atoms with E-state index in [1.54, 1.807) is 0 Å². The summed E-state index contributed by atoms with van der Waals surface area (Å²) in [6.07, 6.45) is 6.31. The topological polar surface area (TPSA) is 41.9 Å². The smallest absolute Gasteiger partial charge is 0.119 e. The van der Waals surface area contributed by atoms with Crippen LogP contribution in [0.3, 0.4) is 0 Å². The van der Waals surface area contributed by atoms with Crippen LogP contribution >= 0.6 is 0 Å². The van der Waals surface area contributed by atoms with Gasteiger partial charge in [0.05, 0.1) is 25.4 Å². The van der Waals surface area contributed by atoms with E-state index in [-0.39, 0.29) is 0 Å². The molecule has 142 valence electrons. The highest BCUT2D eigenvalue weighted by Gasteiger charge is 2.29. The van der Waals surface area contributed by atoms with Gasteiger partial charge in [0.1, 0.15) is 5.75 Å². The monoisotopic (exact) mass is 349 g/mol. The summed E-state index contributed by atoms with van der Waals surface area (Å²) < 4.78 is 11.0. The second-order valence-corrected chi connectivity index (χ2v) is 7.00. The molecule has 0 spiro atoms. The largest absolute Gasteiger partial charge is 0.494 e. The Balaban J connectivity index is 2.01. The Kier molecular flexibility index (Phi) is 8.73. The summed E-state index contributed by atoms with van der Waals surface area (Å²) in [6.45, 7) is 9.33. The molecule has 1 saturated heterocycles. The molecule has 2 rings (SSSR count). The second kappa shape index (κ2) is 10.8. The first kappa shape index (κ1) is 20.2. The maximum absolute atomic E-state index is 11.4. The molecular formula is C21H35NO3. The summed E-state index contributed by atoms with van der Waals surface area (Å²) in [5.74, 6) is 0.868. The van der Waals surface area contributed by atoms with E-state index in [0.717, 1.165) is 63.4 Å². The zero-order valence-corrected chi connectivity index (χ0v) is 16.0. The number of benzene rings is 1. The fourth-order valence-electron chi connectivity index (χ4n) is 3.45. The molecule has 1 aliphatic rings. The molecule has 4 heteroatoms. The van der Waals surface area contributed by atoms with E-state index in [0.29, 0.717) is 6.61 Å². The summed E-state index contributed by atoms with van der Waals surface area (Å²) in [7, 11) is 0. The quantitative estimate of drug-likeness (QED) is 0.614. The van der Waals surface area contributed by atoms with Crippen molar-refractivity contribution in [3.63, 3.8) is 0 Å². The molecule has 0 saturated carbocycles. The van der Waals surface area contributed by atoms with E-state index in [9.17, 15) is 5.11 Å². The van der Waals surface area contributed by atoms with E-state index < -0.39 is 5.60 Å². The molecule has 0 aliphatic carbocycles. The molecule has 1 aromatic rings. The van der Waals surface area contributed by atoms with Crippen LogP contribution < -0.4 is 4.74 Å². The summed E-state index contributed by atoms with van der Waals surface area (Å²) >= 11 is 0. The van der Waals surface area contributed by atoms with Gasteiger partial charge in [-0.15, -0.1) is 0 Å². The summed E-state index contributed by atoms with van der Waals surface area (Å²) in [5, 5.41) is 11.4. The van der Waals surface area contributed by atoms with Gasteiger partial charge in [-0.2, -0.15) is 0 Å². The molecule has 0 radical (unpaired) electrons. The number of nitrogens with zero attached hydrogens (tertiary/aromatic N) is 1. The molecule has 1 heterocycles. The van der Waals surface area contributed by atoms with Gasteiger partial charge in [-0.1, -0.05) is 44.7 Å². The number of rotatable bonds is 11. The van der Waals surface area contributed by atoms with Gasteiger partial charge >= 0.3 is 0 Å². The van der Waals surface area contributed by atoms with Gasteiger partial charge in [-0.3, -0.25) is 4.90 Å². The lowest BCUT2D eigenvalue weighted by molar-refractivity contribution is -0.0113. The van der Waals surface area contributed by atoms with Crippen molar-refractivity contribution in [2.75, 3.05) is 39.5 Å². The maximum Gasteiger partial charge on any atom is 0.119 e. The van der Waals surface area contributed by atoms with E-state index in [1.807, 2.05) is 31.2 Å². The third-order valence-corrected chi connectivity index (χ3v) is 5.09. The van der Waals surface area contributed by atoms with Gasteiger partial charge < -0.3 is 14.6 Å². The first-order valence-electron chi connectivity index (χ1n) is 9.94. The number of unbranched alkanes of at least 4 members (excludes halogenated alkanes) is 3. The Hall–Kier alpha value is -1.10. The van der Waals surface area contributed by atoms with E-state index in [4.69, 9.17) is 9.47 Å². The van der Waals surface area contributed by atoms with Crippen molar-refractivity contribution in [2.45, 2.75) is 58.0 Å². The van der Waals surface area contributed by atoms with Gasteiger partial charge in [-0.05, 0) is 37.5 Å². The van der Waals surface area contributed by atoms with E-state index in [2.05, 4.69) is 11.8 Å². The first-order valence-corrected chi connectivity index (χ1v) is 9.94. The third kappa shape index (κ3) is 6.61. The number of hydrogen-bond acceptors (Lipinski definition) is 4. The molecule has 1 aliphatic heterocycles. The van der Waals surface area contributed by atoms with Crippen LogP contribution in [0.5, 0.6) is 5.75 Å². The lowest BCUT2D eigenvalue weighted by atomic mass is 9.85. The van der Waals surface area contributed by atoms with Gasteiger partial charge in [-0.25, -0.2) is 0 Å². The first-order chi connectivity index (χ1) is 12.2. The Labute approximate surface area is 153 Å². The maximum atomic E-state index is 11.4. The van der Waals surface area contributed by atoms with Gasteiger partial charge in [0, 0.05) is 19.6 Å². The highest BCUT2D eigenvalue weighted by molar-refractivity contribution is 5.31. The van der Waals surface area contributed by atoms with E-state index >= 15 is 0 Å². The zero-order valence-electron chi connectivity index (χ0n) is 16.0. The van der Waals surface area contributed by atoms with Crippen LogP contribution in [0, 0.1) is 0 Å². The minimum Gasteiger partial charge on any atom is -0.494 e. The van der Waals surface area contributed by atoms with Gasteiger partial charge in [0.2, 0.25) is 0 Å². The molecule has 4 nitrogen and oxygen atoms in total. The summed E-state index contributed by atoms with van der Waals surface area (Å²) in [4.78, 5) is 2.40. The van der Waals surface area contributed by atoms with Crippen LogP contribution in [0.2, 0.25) is 0 Å². The lowest BCUT2D eigenvalue weighted by Crippen LogP contribution is -2.40. The van der Waals surface area contributed by atoms with Crippen molar-refractivity contribution in [1.29, 1.82) is 0 Å². The molecule has 1 N–H and O–H groups in total. The van der Waals surface area contributed by atoms with Crippen LogP contribution in [0.4, 0.5) is 0 Å². The zero-order chi connectivity index (χ0) is 18.0. The number of aliphatic hydroxyl groups is 1. The molecule has 1 atom stereocenters. The highest BCUT2D eigenvalue weighted by atomic mass is 16.5. The minimum atomic E-state index is -0.753. The molecule has 25 heavy (non-hydrogen) atoms. The molecule has 0 bridgehead atoms. The van der Waals surface area contributed by atoms with Crippen molar-refractivity contribution in [3.8, 4) is 5.75 Å². The minimum absolute atomic E-state index is 0.664. The van der Waals surface area contributed by atoms with Crippen LogP contribution in [0.25, 0.3) is 0 Å². The normalized spacial score (nSPS) is 18.0. The Morgan fingerprint density at radius 3 is 2.40 bits per heavy atom. The third-order valence-electron chi connectivity index (χ3n) is 5.09. The van der Waals surface area contributed by atoms with Crippen LogP contribution in [0.15, 0.2) is 24.3 Å². The van der Waals surface area contributed by atoms with Crippen LogP contribution in [-0.4, -0.2) is 49.5 Å². The lowest BCUT2D eigenvalue weighted by Gasteiger charge is -2.33. The fraction of sp³-hybridized carbons (Fsp3) is 0.714. The number of hydrogen-bond donors (Lipinski definition) is 1. The second-order valence-electron chi connectivity index (χ2n) is 7.00. The van der Waals surface area contributed by atoms with E-state index in [1.165, 1.54) is 19.3 Å².